The van der Waals surface area contributed by atoms with E-state index in [4.69, 9.17) is 0 Å². The van der Waals surface area contributed by atoms with Crippen LogP contribution in [-0.2, 0) is 13.0 Å². The first-order valence-electron chi connectivity index (χ1n) is 11.1. The second kappa shape index (κ2) is 8.96. The molecule has 1 aromatic carbocycles. The van der Waals surface area contributed by atoms with Crippen molar-refractivity contribution in [3.63, 3.8) is 0 Å². The monoisotopic (exact) mass is 433 g/mol. The van der Waals surface area contributed by atoms with E-state index in [0.717, 1.165) is 42.7 Å². The summed E-state index contributed by atoms with van der Waals surface area (Å²) in [6.07, 6.45) is 6.83. The third-order valence-corrected chi connectivity index (χ3v) is 6.25. The van der Waals surface area contributed by atoms with Crippen molar-refractivity contribution in [2.45, 2.75) is 25.8 Å². The molecule has 0 atom stereocenters. The van der Waals surface area contributed by atoms with Crippen molar-refractivity contribution in [2.24, 2.45) is 0 Å². The van der Waals surface area contributed by atoms with Crippen LogP contribution < -0.4 is 10.6 Å². The lowest BCUT2D eigenvalue weighted by Crippen LogP contribution is -2.39. The van der Waals surface area contributed by atoms with Crippen molar-refractivity contribution >= 4 is 28.7 Å². The van der Waals surface area contributed by atoms with Crippen LogP contribution in [0.25, 0.3) is 11.0 Å². The summed E-state index contributed by atoms with van der Waals surface area (Å²) in [5, 5.41) is 13.9. The second-order valence-corrected chi connectivity index (χ2v) is 8.38. The number of pyridine rings is 1. The number of amides is 3. The molecule has 0 bridgehead atoms. The molecule has 32 heavy (non-hydrogen) atoms. The Bertz CT molecular complexity index is 1140. The third-order valence-electron chi connectivity index (χ3n) is 6.25. The molecule has 0 radical (unpaired) electrons. The van der Waals surface area contributed by atoms with Crippen LogP contribution in [0.2, 0.25) is 0 Å². The molecule has 0 aliphatic carbocycles. The number of H-pyrrole nitrogens is 1. The topological polar surface area (TPSA) is 106 Å². The molecule has 1 saturated heterocycles. The highest BCUT2D eigenvalue weighted by Crippen LogP contribution is 2.25. The van der Waals surface area contributed by atoms with Crippen LogP contribution in [0.4, 0.5) is 10.5 Å². The zero-order valence-electron chi connectivity index (χ0n) is 17.9. The molecule has 2 aliphatic rings. The molecular formula is C23H27N7O2. The largest absolute Gasteiger partial charge is 0.351 e. The average Bonchev–Trinajstić information content (AvgIpc) is 3.51. The minimum absolute atomic E-state index is 0.123. The van der Waals surface area contributed by atoms with E-state index in [9.17, 15) is 9.59 Å². The quantitative estimate of drug-likeness (QED) is 0.573. The molecule has 5 rings (SSSR count). The number of carbonyl (C=O) groups is 2. The van der Waals surface area contributed by atoms with Gasteiger partial charge in [-0.1, -0.05) is 6.07 Å². The number of rotatable bonds is 5. The number of aromatic amines is 1. The zero-order valence-corrected chi connectivity index (χ0v) is 17.9. The molecule has 9 heteroatoms. The van der Waals surface area contributed by atoms with Gasteiger partial charge in [0, 0.05) is 49.0 Å². The van der Waals surface area contributed by atoms with Crippen LogP contribution >= 0.6 is 0 Å². The first-order chi connectivity index (χ1) is 15.7. The molecule has 0 spiro atoms. The standard InChI is InChI=1S/C23H27N7O2/c31-22(24-7-11-29-8-1-2-9-29)16-4-3-5-18(12-16)27-23(32)30-10-6-19-17(15-30)13-25-21-20(19)14-26-28-21/h3-5,12-14H,1-2,6-11,15H2,(H,24,31)(H,27,32)(H,25,26,28). The molecular weight excluding hydrogens is 406 g/mol. The molecule has 4 heterocycles. The number of nitrogens with one attached hydrogen (secondary N) is 3. The molecule has 3 aromatic rings. The first-order valence-corrected chi connectivity index (χ1v) is 11.1. The number of carbonyl (C=O) groups excluding carboxylic acids is 2. The normalized spacial score (nSPS) is 16.2. The summed E-state index contributed by atoms with van der Waals surface area (Å²) in [4.78, 5) is 33.9. The summed E-state index contributed by atoms with van der Waals surface area (Å²) in [5.74, 6) is -0.123. The number of urea groups is 1. The highest BCUT2D eigenvalue weighted by molar-refractivity contribution is 5.97. The SMILES string of the molecule is O=C(NCCN1CCCC1)c1cccc(NC(=O)N2CCc3c(cnc4[nH]ncc34)C2)c1. The lowest BCUT2D eigenvalue weighted by molar-refractivity contribution is 0.0949. The van der Waals surface area contributed by atoms with Crippen LogP contribution in [0.3, 0.4) is 0 Å². The first kappa shape index (κ1) is 20.4. The predicted molar refractivity (Wildman–Crippen MR) is 121 cm³/mol. The van der Waals surface area contributed by atoms with Crippen LogP contribution in [0.15, 0.2) is 36.7 Å². The number of nitrogens with zero attached hydrogens (tertiary/aromatic N) is 4. The van der Waals surface area contributed by atoms with Gasteiger partial charge in [-0.2, -0.15) is 5.10 Å². The van der Waals surface area contributed by atoms with Crippen LogP contribution in [0, 0.1) is 0 Å². The number of fused-ring (bicyclic) bond motifs is 3. The Morgan fingerprint density at radius 3 is 2.88 bits per heavy atom. The second-order valence-electron chi connectivity index (χ2n) is 8.38. The summed E-state index contributed by atoms with van der Waals surface area (Å²) >= 11 is 0. The highest BCUT2D eigenvalue weighted by Gasteiger charge is 2.23. The average molecular weight is 434 g/mol. The van der Waals surface area contributed by atoms with E-state index in [-0.39, 0.29) is 11.9 Å². The minimum atomic E-state index is -0.186. The van der Waals surface area contributed by atoms with E-state index >= 15 is 0 Å². The Balaban J connectivity index is 1.19. The van der Waals surface area contributed by atoms with Crippen molar-refractivity contribution in [2.75, 3.05) is 38.0 Å². The lowest BCUT2D eigenvalue weighted by atomic mass is 9.99. The van der Waals surface area contributed by atoms with Crippen molar-refractivity contribution in [1.29, 1.82) is 0 Å². The summed E-state index contributed by atoms with van der Waals surface area (Å²) < 4.78 is 0. The predicted octanol–water partition coefficient (Wildman–Crippen LogP) is 2.37. The third kappa shape index (κ3) is 4.29. The Morgan fingerprint density at radius 2 is 2.00 bits per heavy atom. The van der Waals surface area contributed by atoms with Crippen LogP contribution in [0.1, 0.15) is 34.3 Å². The molecule has 0 saturated carbocycles. The van der Waals surface area contributed by atoms with Gasteiger partial charge >= 0.3 is 6.03 Å². The van der Waals surface area contributed by atoms with E-state index in [2.05, 4.69) is 30.7 Å². The fourth-order valence-corrected chi connectivity index (χ4v) is 4.50. The Hall–Kier alpha value is -3.46. The maximum atomic E-state index is 12.9. The summed E-state index contributed by atoms with van der Waals surface area (Å²) in [7, 11) is 0. The van der Waals surface area contributed by atoms with Crippen molar-refractivity contribution < 1.29 is 9.59 Å². The van der Waals surface area contributed by atoms with Gasteiger partial charge in [0.15, 0.2) is 5.65 Å². The van der Waals surface area contributed by atoms with Crippen molar-refractivity contribution in [3.05, 3.63) is 53.3 Å². The summed E-state index contributed by atoms with van der Waals surface area (Å²) in [6, 6.07) is 6.88. The maximum Gasteiger partial charge on any atom is 0.322 e. The molecule has 9 nitrogen and oxygen atoms in total. The van der Waals surface area contributed by atoms with Gasteiger partial charge in [0.25, 0.3) is 5.91 Å². The van der Waals surface area contributed by atoms with Gasteiger partial charge in [-0.25, -0.2) is 9.78 Å². The van der Waals surface area contributed by atoms with E-state index in [1.165, 1.54) is 18.4 Å². The molecule has 2 aliphatic heterocycles. The number of aromatic nitrogens is 3. The fourth-order valence-electron chi connectivity index (χ4n) is 4.50. The Kier molecular flexibility index (Phi) is 5.72. The smallest absolute Gasteiger partial charge is 0.322 e. The summed E-state index contributed by atoms with van der Waals surface area (Å²) in [5.41, 5.74) is 4.15. The van der Waals surface area contributed by atoms with Gasteiger partial charge in [0.05, 0.1) is 6.20 Å². The number of hydrogen-bond acceptors (Lipinski definition) is 5. The van der Waals surface area contributed by atoms with Gasteiger partial charge in [-0.3, -0.25) is 9.89 Å². The lowest BCUT2D eigenvalue weighted by Gasteiger charge is -2.29. The van der Waals surface area contributed by atoms with Gasteiger partial charge in [0.2, 0.25) is 0 Å². The fraction of sp³-hybridized carbons (Fsp3) is 0.391. The molecule has 3 N–H and O–H groups in total. The molecule has 1 fully saturated rings. The maximum absolute atomic E-state index is 12.9. The van der Waals surface area contributed by atoms with Crippen LogP contribution in [-0.4, -0.2) is 69.6 Å². The van der Waals surface area contributed by atoms with E-state index in [1.807, 2.05) is 6.20 Å². The zero-order chi connectivity index (χ0) is 21.9. The van der Waals surface area contributed by atoms with Gasteiger partial charge in [-0.15, -0.1) is 0 Å². The molecule has 3 amide bonds. The van der Waals surface area contributed by atoms with Gasteiger partial charge < -0.3 is 20.4 Å². The minimum Gasteiger partial charge on any atom is -0.351 e. The summed E-state index contributed by atoms with van der Waals surface area (Å²) in [6.45, 7) is 4.83. The molecule has 2 aromatic heterocycles. The van der Waals surface area contributed by atoms with E-state index in [1.54, 1.807) is 35.4 Å². The number of benzene rings is 1. The van der Waals surface area contributed by atoms with E-state index in [0.29, 0.717) is 30.9 Å². The number of likely N-dealkylation sites (tertiary alicyclic amines) is 1. The number of anilines is 1. The Morgan fingerprint density at radius 1 is 1.12 bits per heavy atom. The van der Waals surface area contributed by atoms with E-state index < -0.39 is 0 Å². The molecule has 166 valence electrons. The Labute approximate surface area is 186 Å². The highest BCUT2D eigenvalue weighted by atomic mass is 16.2. The number of hydrogen-bond donors (Lipinski definition) is 3. The molecule has 0 unspecified atom stereocenters. The van der Waals surface area contributed by atoms with Crippen molar-refractivity contribution in [3.8, 4) is 0 Å². The van der Waals surface area contributed by atoms with Gasteiger partial charge in [0.1, 0.15) is 0 Å². The van der Waals surface area contributed by atoms with Crippen LogP contribution in [0.5, 0.6) is 0 Å². The van der Waals surface area contributed by atoms with Crippen molar-refractivity contribution in [1.82, 2.24) is 30.3 Å². The van der Waals surface area contributed by atoms with Gasteiger partial charge in [-0.05, 0) is 61.7 Å².